The first-order chi connectivity index (χ1) is 14.5. The molecule has 0 radical (unpaired) electrons. The van der Waals surface area contributed by atoms with Crippen molar-refractivity contribution in [2.24, 2.45) is 5.14 Å². The fourth-order valence-corrected chi connectivity index (χ4v) is 4.23. The predicted octanol–water partition coefficient (Wildman–Crippen LogP) is 4.03. The Morgan fingerprint density at radius 3 is 2.52 bits per heavy atom. The van der Waals surface area contributed by atoms with Crippen LogP contribution in [-0.4, -0.2) is 28.2 Å². The Labute approximate surface area is 179 Å². The zero-order valence-corrected chi connectivity index (χ0v) is 17.5. The van der Waals surface area contributed by atoms with Crippen molar-refractivity contribution in [3.8, 4) is 27.5 Å². The molecule has 0 aliphatic rings. The summed E-state index contributed by atoms with van der Waals surface area (Å²) in [6.07, 6.45) is -2.99. The van der Waals surface area contributed by atoms with Crippen molar-refractivity contribution < 1.29 is 21.6 Å². The summed E-state index contributed by atoms with van der Waals surface area (Å²) in [6.45, 7) is 1.84. The van der Waals surface area contributed by atoms with Crippen LogP contribution in [0.15, 0.2) is 59.2 Å². The topological polar surface area (TPSA) is 104 Å². The van der Waals surface area contributed by atoms with Crippen LogP contribution in [0, 0.1) is 6.92 Å². The van der Waals surface area contributed by atoms with E-state index in [1.54, 1.807) is 29.9 Å². The van der Waals surface area contributed by atoms with Crippen molar-refractivity contribution in [2.45, 2.75) is 18.1 Å². The molecular formula is C19H14F3N5O2S2. The van der Waals surface area contributed by atoms with Gasteiger partial charge in [-0.05, 0) is 42.3 Å². The van der Waals surface area contributed by atoms with Crippen LogP contribution < -0.4 is 5.14 Å². The van der Waals surface area contributed by atoms with Gasteiger partial charge in [0.15, 0.2) is 16.5 Å². The molecule has 0 amide bonds. The minimum absolute atomic E-state index is 0.102. The van der Waals surface area contributed by atoms with Crippen molar-refractivity contribution in [2.75, 3.05) is 0 Å². The number of nitrogens with zero attached hydrogens (tertiary/aromatic N) is 4. The van der Waals surface area contributed by atoms with Crippen LogP contribution >= 0.6 is 11.3 Å². The second kappa shape index (κ2) is 7.55. The van der Waals surface area contributed by atoms with Gasteiger partial charge in [0.2, 0.25) is 0 Å². The number of aryl methyl sites for hydroxylation is 1. The van der Waals surface area contributed by atoms with Crippen molar-refractivity contribution in [1.82, 2.24) is 19.7 Å². The van der Waals surface area contributed by atoms with Crippen LogP contribution in [0.1, 0.15) is 11.3 Å². The third-order valence-corrected chi connectivity index (χ3v) is 6.05. The second-order valence-corrected chi connectivity index (χ2v) is 8.99. The predicted molar refractivity (Wildman–Crippen MR) is 109 cm³/mol. The van der Waals surface area contributed by atoms with Gasteiger partial charge in [-0.15, -0.1) is 11.3 Å². The van der Waals surface area contributed by atoms with Gasteiger partial charge in [-0.2, -0.15) is 18.3 Å². The summed E-state index contributed by atoms with van der Waals surface area (Å²) in [5.41, 5.74) is 2.85. The monoisotopic (exact) mass is 465 g/mol. The number of halogens is 3. The molecule has 7 nitrogen and oxygen atoms in total. The second-order valence-electron chi connectivity index (χ2n) is 6.60. The van der Waals surface area contributed by atoms with Gasteiger partial charge in [0, 0.05) is 11.8 Å². The van der Waals surface area contributed by atoms with E-state index in [4.69, 9.17) is 5.14 Å². The van der Waals surface area contributed by atoms with E-state index in [9.17, 15) is 21.6 Å². The van der Waals surface area contributed by atoms with E-state index in [0.29, 0.717) is 5.56 Å². The third kappa shape index (κ3) is 4.22. The van der Waals surface area contributed by atoms with Crippen molar-refractivity contribution in [3.63, 3.8) is 0 Å². The molecule has 0 unspecified atom stereocenters. The summed E-state index contributed by atoms with van der Waals surface area (Å²) in [4.78, 5) is 8.86. The van der Waals surface area contributed by atoms with E-state index in [-0.39, 0.29) is 11.5 Å². The van der Waals surface area contributed by atoms with E-state index < -0.39 is 26.9 Å². The van der Waals surface area contributed by atoms with Gasteiger partial charge in [-0.3, -0.25) is 4.98 Å². The zero-order chi connectivity index (χ0) is 22.4. The normalized spacial score (nSPS) is 12.3. The van der Waals surface area contributed by atoms with Crippen molar-refractivity contribution >= 4 is 21.4 Å². The molecule has 0 saturated carbocycles. The lowest BCUT2D eigenvalue weighted by Gasteiger charge is -2.10. The summed E-state index contributed by atoms with van der Waals surface area (Å²) in [5.74, 6) is -0.110. The first-order valence-corrected chi connectivity index (χ1v) is 11.1. The number of benzene rings is 1. The average Bonchev–Trinajstić information content (AvgIpc) is 3.37. The number of rotatable bonds is 4. The zero-order valence-electron chi connectivity index (χ0n) is 15.8. The fraction of sp³-hybridized carbons (Fsp3) is 0.105. The van der Waals surface area contributed by atoms with Gasteiger partial charge in [-0.25, -0.2) is 23.2 Å². The molecule has 3 aromatic heterocycles. The number of sulfonamides is 1. The molecule has 12 heteroatoms. The average molecular weight is 465 g/mol. The Morgan fingerprint density at radius 2 is 1.90 bits per heavy atom. The van der Waals surface area contributed by atoms with E-state index in [1.165, 1.54) is 23.5 Å². The number of aromatic nitrogens is 4. The van der Waals surface area contributed by atoms with Crippen molar-refractivity contribution in [3.05, 3.63) is 65.4 Å². The molecule has 3 heterocycles. The molecule has 2 N–H and O–H groups in total. The maximum absolute atomic E-state index is 13.4. The molecule has 0 spiro atoms. The van der Waals surface area contributed by atoms with Crippen LogP contribution in [0.2, 0.25) is 0 Å². The Bertz CT molecular complexity index is 1360. The maximum Gasteiger partial charge on any atom is 0.435 e. The first kappa shape index (κ1) is 21.2. The minimum Gasteiger partial charge on any atom is -0.252 e. The fourth-order valence-electron chi connectivity index (χ4n) is 3.03. The molecule has 0 bridgehead atoms. The number of nitrogens with two attached hydrogens (primary N) is 1. The number of hydrogen-bond acceptors (Lipinski definition) is 6. The highest BCUT2D eigenvalue weighted by atomic mass is 32.2. The Balaban J connectivity index is 1.89. The van der Waals surface area contributed by atoms with Crippen LogP contribution in [0.25, 0.3) is 27.5 Å². The summed E-state index contributed by atoms with van der Waals surface area (Å²) < 4.78 is 64.4. The number of alkyl halides is 3. The summed E-state index contributed by atoms with van der Waals surface area (Å²) >= 11 is 1.45. The van der Waals surface area contributed by atoms with Crippen LogP contribution in [0.4, 0.5) is 13.2 Å². The lowest BCUT2D eigenvalue weighted by Crippen LogP contribution is -2.15. The Morgan fingerprint density at radius 1 is 1.13 bits per heavy atom. The highest BCUT2D eigenvalue weighted by Gasteiger charge is 2.35. The standard InChI is InChI=1S/C19H14F3N5O2S2/c1-11-7-12(5-6-13(11)15-9-24-10-30-15)14-8-16(19(20,21)22)26-27(14)17-3-2-4-18(25-17)31(23,28)29/h2-10H,1H3,(H2,23,28,29). The van der Waals surface area contributed by atoms with Crippen molar-refractivity contribution in [1.29, 1.82) is 0 Å². The van der Waals surface area contributed by atoms with Gasteiger partial charge in [0.25, 0.3) is 10.0 Å². The molecule has 0 fully saturated rings. The lowest BCUT2D eigenvalue weighted by atomic mass is 10.0. The highest BCUT2D eigenvalue weighted by molar-refractivity contribution is 7.89. The molecule has 0 saturated heterocycles. The SMILES string of the molecule is Cc1cc(-c2cc(C(F)(F)F)nn2-c2cccc(S(N)(=O)=O)n2)ccc1-c1cncs1. The van der Waals surface area contributed by atoms with Crippen LogP contribution in [0.3, 0.4) is 0 Å². The molecule has 4 rings (SSSR count). The Hall–Kier alpha value is -3.09. The summed E-state index contributed by atoms with van der Waals surface area (Å²) in [6, 6.07) is 9.92. The Kier molecular flexibility index (Phi) is 5.15. The number of thiazole rings is 1. The van der Waals surface area contributed by atoms with Gasteiger partial charge < -0.3 is 0 Å². The van der Waals surface area contributed by atoms with Gasteiger partial charge in [0.05, 0.1) is 16.1 Å². The van der Waals surface area contributed by atoms with Crippen LogP contribution in [0.5, 0.6) is 0 Å². The molecule has 1 aromatic carbocycles. The van der Waals surface area contributed by atoms with E-state index in [2.05, 4.69) is 15.1 Å². The smallest absolute Gasteiger partial charge is 0.252 e. The molecule has 4 aromatic rings. The lowest BCUT2D eigenvalue weighted by molar-refractivity contribution is -0.141. The van der Waals surface area contributed by atoms with E-state index in [1.807, 2.05) is 6.92 Å². The third-order valence-electron chi connectivity index (χ3n) is 4.44. The summed E-state index contributed by atoms with van der Waals surface area (Å²) in [7, 11) is -4.15. The molecular weight excluding hydrogens is 451 g/mol. The molecule has 0 aliphatic heterocycles. The highest BCUT2D eigenvalue weighted by Crippen LogP contribution is 2.35. The quantitative estimate of drug-likeness (QED) is 0.490. The number of pyridine rings is 1. The number of hydrogen-bond donors (Lipinski definition) is 1. The number of primary sulfonamides is 1. The summed E-state index contributed by atoms with van der Waals surface area (Å²) in [5, 5.41) is 8.27. The van der Waals surface area contributed by atoms with Gasteiger partial charge in [-0.1, -0.05) is 18.2 Å². The molecule has 160 valence electrons. The van der Waals surface area contributed by atoms with Gasteiger partial charge >= 0.3 is 6.18 Å². The minimum atomic E-state index is -4.70. The van der Waals surface area contributed by atoms with E-state index >= 15 is 0 Å². The molecule has 31 heavy (non-hydrogen) atoms. The van der Waals surface area contributed by atoms with E-state index in [0.717, 1.165) is 32.8 Å². The van der Waals surface area contributed by atoms with Gasteiger partial charge in [0.1, 0.15) is 0 Å². The molecule has 0 aliphatic carbocycles. The van der Waals surface area contributed by atoms with Crippen LogP contribution in [-0.2, 0) is 16.2 Å². The molecule has 0 atom stereocenters. The largest absolute Gasteiger partial charge is 0.435 e. The first-order valence-electron chi connectivity index (χ1n) is 8.71. The maximum atomic E-state index is 13.4.